The molecule has 0 aromatic carbocycles. The Morgan fingerprint density at radius 3 is 3.00 bits per heavy atom. The van der Waals surface area contributed by atoms with Crippen molar-refractivity contribution in [3.63, 3.8) is 0 Å². The number of hydrogen-bond acceptors (Lipinski definition) is 4. The lowest BCUT2D eigenvalue weighted by Gasteiger charge is -2.35. The van der Waals surface area contributed by atoms with E-state index in [0.717, 1.165) is 32.7 Å². The third-order valence-electron chi connectivity index (χ3n) is 2.89. The average Bonchev–Trinajstić information content (AvgIpc) is 2.29. The van der Waals surface area contributed by atoms with Crippen LogP contribution in [0.5, 0.6) is 0 Å². The molecule has 86 valence electrons. The first kappa shape index (κ1) is 10.9. The Bertz CT molecular complexity index is 229. The molecule has 0 aromatic rings. The predicted octanol–water partition coefficient (Wildman–Crippen LogP) is -1.20. The zero-order valence-corrected chi connectivity index (χ0v) is 9.16. The molecule has 2 rings (SSSR count). The second kappa shape index (κ2) is 4.92. The van der Waals surface area contributed by atoms with Crippen molar-refractivity contribution in [1.29, 1.82) is 0 Å². The standard InChI is InChI=1S/C10H19N3O2/c1-8-7-13(4-5-15-8)10(14)9-6-11-2-3-12-9/h8-9,11-12H,2-7H2,1H3. The van der Waals surface area contributed by atoms with Gasteiger partial charge in [-0.3, -0.25) is 4.79 Å². The minimum atomic E-state index is -0.0518. The number of carbonyl (C=O) groups excluding carboxylic acids is 1. The van der Waals surface area contributed by atoms with Gasteiger partial charge in [-0.15, -0.1) is 0 Å². The highest BCUT2D eigenvalue weighted by molar-refractivity contribution is 5.82. The van der Waals surface area contributed by atoms with Crippen LogP contribution in [0.15, 0.2) is 0 Å². The van der Waals surface area contributed by atoms with Gasteiger partial charge in [0, 0.05) is 32.7 Å². The second-order valence-corrected chi connectivity index (χ2v) is 4.18. The number of morpholine rings is 1. The van der Waals surface area contributed by atoms with Gasteiger partial charge in [-0.1, -0.05) is 0 Å². The fraction of sp³-hybridized carbons (Fsp3) is 0.900. The molecule has 5 heteroatoms. The maximum Gasteiger partial charge on any atom is 0.241 e. The summed E-state index contributed by atoms with van der Waals surface area (Å²) in [6, 6.07) is -0.0518. The van der Waals surface area contributed by atoms with Crippen LogP contribution in [0.2, 0.25) is 0 Å². The summed E-state index contributed by atoms with van der Waals surface area (Å²) in [6.45, 7) is 6.67. The van der Waals surface area contributed by atoms with Crippen molar-refractivity contribution in [2.75, 3.05) is 39.3 Å². The molecule has 0 spiro atoms. The average molecular weight is 213 g/mol. The summed E-state index contributed by atoms with van der Waals surface area (Å²) in [7, 11) is 0. The van der Waals surface area contributed by atoms with Gasteiger partial charge in [0.05, 0.1) is 18.8 Å². The van der Waals surface area contributed by atoms with Crippen molar-refractivity contribution in [1.82, 2.24) is 15.5 Å². The number of piperazine rings is 1. The van der Waals surface area contributed by atoms with Gasteiger partial charge in [0.15, 0.2) is 0 Å². The van der Waals surface area contributed by atoms with E-state index in [1.54, 1.807) is 0 Å². The molecule has 0 aliphatic carbocycles. The maximum absolute atomic E-state index is 12.1. The predicted molar refractivity (Wildman–Crippen MR) is 56.7 cm³/mol. The van der Waals surface area contributed by atoms with Crippen LogP contribution in [0, 0.1) is 0 Å². The first-order valence-corrected chi connectivity index (χ1v) is 5.62. The van der Waals surface area contributed by atoms with E-state index in [1.807, 2.05) is 11.8 Å². The van der Waals surface area contributed by atoms with Crippen LogP contribution in [0.3, 0.4) is 0 Å². The molecule has 2 heterocycles. The van der Waals surface area contributed by atoms with Crippen LogP contribution in [0.4, 0.5) is 0 Å². The smallest absolute Gasteiger partial charge is 0.241 e. The Morgan fingerprint density at radius 1 is 1.47 bits per heavy atom. The fourth-order valence-corrected chi connectivity index (χ4v) is 2.07. The largest absolute Gasteiger partial charge is 0.375 e. The van der Waals surface area contributed by atoms with Gasteiger partial charge in [-0.25, -0.2) is 0 Å². The lowest BCUT2D eigenvalue weighted by Crippen LogP contribution is -2.58. The van der Waals surface area contributed by atoms with Gasteiger partial charge in [-0.2, -0.15) is 0 Å². The number of ether oxygens (including phenoxy) is 1. The molecule has 5 nitrogen and oxygen atoms in total. The number of nitrogens with one attached hydrogen (secondary N) is 2. The van der Waals surface area contributed by atoms with Crippen LogP contribution >= 0.6 is 0 Å². The molecule has 2 fully saturated rings. The molecule has 1 amide bonds. The highest BCUT2D eigenvalue weighted by Crippen LogP contribution is 2.06. The SMILES string of the molecule is CC1CN(C(=O)C2CNCCN2)CCO1. The fourth-order valence-electron chi connectivity index (χ4n) is 2.07. The molecular formula is C10H19N3O2. The molecule has 2 atom stereocenters. The molecule has 2 unspecified atom stereocenters. The van der Waals surface area contributed by atoms with E-state index in [2.05, 4.69) is 10.6 Å². The quantitative estimate of drug-likeness (QED) is 0.574. The van der Waals surface area contributed by atoms with Crippen LogP contribution in [0.25, 0.3) is 0 Å². The summed E-state index contributed by atoms with van der Waals surface area (Å²) >= 11 is 0. The van der Waals surface area contributed by atoms with Crippen molar-refractivity contribution in [2.24, 2.45) is 0 Å². The molecule has 2 saturated heterocycles. The van der Waals surface area contributed by atoms with E-state index in [9.17, 15) is 4.79 Å². The molecule has 0 bridgehead atoms. The molecule has 0 radical (unpaired) electrons. The molecule has 2 aliphatic rings. The summed E-state index contributed by atoms with van der Waals surface area (Å²) in [5.41, 5.74) is 0. The van der Waals surface area contributed by atoms with Gasteiger partial charge < -0.3 is 20.3 Å². The third kappa shape index (κ3) is 2.68. The number of carbonyl (C=O) groups is 1. The first-order valence-electron chi connectivity index (χ1n) is 5.62. The second-order valence-electron chi connectivity index (χ2n) is 4.18. The van der Waals surface area contributed by atoms with Gasteiger partial charge in [0.2, 0.25) is 5.91 Å². The number of hydrogen-bond donors (Lipinski definition) is 2. The van der Waals surface area contributed by atoms with Crippen molar-refractivity contribution < 1.29 is 9.53 Å². The van der Waals surface area contributed by atoms with E-state index in [-0.39, 0.29) is 18.1 Å². The Balaban J connectivity index is 1.88. The van der Waals surface area contributed by atoms with Crippen molar-refractivity contribution in [3.05, 3.63) is 0 Å². The lowest BCUT2D eigenvalue weighted by atomic mass is 10.2. The van der Waals surface area contributed by atoms with Crippen molar-refractivity contribution in [3.8, 4) is 0 Å². The number of nitrogens with zero attached hydrogens (tertiary/aromatic N) is 1. The highest BCUT2D eigenvalue weighted by atomic mass is 16.5. The summed E-state index contributed by atoms with van der Waals surface area (Å²) in [5, 5.41) is 6.46. The summed E-state index contributed by atoms with van der Waals surface area (Å²) < 4.78 is 5.42. The van der Waals surface area contributed by atoms with Crippen LogP contribution in [-0.2, 0) is 9.53 Å². The normalized spacial score (nSPS) is 32.7. The first-order chi connectivity index (χ1) is 7.27. The summed E-state index contributed by atoms with van der Waals surface area (Å²) in [6.07, 6.45) is 0.166. The molecule has 0 aromatic heterocycles. The van der Waals surface area contributed by atoms with E-state index < -0.39 is 0 Å². The van der Waals surface area contributed by atoms with Gasteiger partial charge in [-0.05, 0) is 6.92 Å². The Kier molecular flexibility index (Phi) is 3.56. The molecule has 2 aliphatic heterocycles. The zero-order valence-electron chi connectivity index (χ0n) is 9.16. The monoisotopic (exact) mass is 213 g/mol. The highest BCUT2D eigenvalue weighted by Gasteiger charge is 2.28. The summed E-state index contributed by atoms with van der Waals surface area (Å²) in [4.78, 5) is 14.0. The topological polar surface area (TPSA) is 53.6 Å². The number of amides is 1. The zero-order chi connectivity index (χ0) is 10.7. The van der Waals surface area contributed by atoms with Gasteiger partial charge in [0.1, 0.15) is 0 Å². The maximum atomic E-state index is 12.1. The van der Waals surface area contributed by atoms with E-state index >= 15 is 0 Å². The Hall–Kier alpha value is -0.650. The molecular weight excluding hydrogens is 194 g/mol. The van der Waals surface area contributed by atoms with Crippen LogP contribution < -0.4 is 10.6 Å². The minimum Gasteiger partial charge on any atom is -0.375 e. The van der Waals surface area contributed by atoms with Crippen molar-refractivity contribution >= 4 is 5.91 Å². The lowest BCUT2D eigenvalue weighted by molar-refractivity contribution is -0.140. The van der Waals surface area contributed by atoms with Crippen LogP contribution in [-0.4, -0.2) is 62.3 Å². The van der Waals surface area contributed by atoms with Gasteiger partial charge >= 0.3 is 0 Å². The van der Waals surface area contributed by atoms with Crippen LogP contribution in [0.1, 0.15) is 6.92 Å². The molecule has 0 saturated carbocycles. The Labute approximate surface area is 90.1 Å². The molecule has 2 N–H and O–H groups in total. The number of rotatable bonds is 1. The minimum absolute atomic E-state index is 0.0518. The third-order valence-corrected chi connectivity index (χ3v) is 2.89. The van der Waals surface area contributed by atoms with Gasteiger partial charge in [0.25, 0.3) is 0 Å². The summed E-state index contributed by atoms with van der Waals surface area (Å²) in [5.74, 6) is 0.206. The Morgan fingerprint density at radius 2 is 2.33 bits per heavy atom. The van der Waals surface area contributed by atoms with E-state index in [0.29, 0.717) is 6.61 Å². The van der Waals surface area contributed by atoms with Crippen molar-refractivity contribution in [2.45, 2.75) is 19.1 Å². The van der Waals surface area contributed by atoms with E-state index in [4.69, 9.17) is 4.74 Å². The molecule has 15 heavy (non-hydrogen) atoms. The van der Waals surface area contributed by atoms with E-state index in [1.165, 1.54) is 0 Å².